The van der Waals surface area contributed by atoms with E-state index in [1.807, 2.05) is 0 Å². The standard InChI is InChI=1S/C10H13ClO3S/c1-10(11,15(2,13)14)9(12)8-6-4-3-5-7-8/h3-7,9,12H,1-2H3/t9-,10+/m1/s1. The van der Waals surface area contributed by atoms with E-state index in [-0.39, 0.29) is 0 Å². The summed E-state index contributed by atoms with van der Waals surface area (Å²) in [4.78, 5) is 0. The summed E-state index contributed by atoms with van der Waals surface area (Å²) in [7, 11) is -3.53. The Morgan fingerprint density at radius 1 is 1.33 bits per heavy atom. The number of benzene rings is 1. The minimum absolute atomic E-state index is 0.487. The highest BCUT2D eigenvalue weighted by molar-refractivity contribution is 7.93. The molecule has 0 saturated carbocycles. The third-order valence-electron chi connectivity index (χ3n) is 2.33. The van der Waals surface area contributed by atoms with Gasteiger partial charge in [-0.1, -0.05) is 41.9 Å². The minimum Gasteiger partial charge on any atom is -0.385 e. The Morgan fingerprint density at radius 3 is 2.20 bits per heavy atom. The lowest BCUT2D eigenvalue weighted by molar-refractivity contribution is 0.163. The Bertz CT molecular complexity index is 425. The lowest BCUT2D eigenvalue weighted by Gasteiger charge is -2.26. The van der Waals surface area contributed by atoms with Gasteiger partial charge in [-0.05, 0) is 12.5 Å². The van der Waals surface area contributed by atoms with Gasteiger partial charge in [0.1, 0.15) is 6.10 Å². The summed E-state index contributed by atoms with van der Waals surface area (Å²) < 4.78 is 21.1. The van der Waals surface area contributed by atoms with Crippen LogP contribution < -0.4 is 0 Å². The van der Waals surface area contributed by atoms with Crippen LogP contribution >= 0.6 is 11.6 Å². The van der Waals surface area contributed by atoms with Crippen molar-refractivity contribution in [2.24, 2.45) is 0 Å². The monoisotopic (exact) mass is 248 g/mol. The van der Waals surface area contributed by atoms with Gasteiger partial charge in [0.05, 0.1) is 0 Å². The predicted molar refractivity (Wildman–Crippen MR) is 60.5 cm³/mol. The number of aliphatic hydroxyl groups excluding tert-OH is 1. The summed E-state index contributed by atoms with van der Waals surface area (Å²) in [5, 5.41) is 9.87. The second-order valence-corrected chi connectivity index (χ2v) is 6.97. The topological polar surface area (TPSA) is 54.4 Å². The maximum absolute atomic E-state index is 11.4. The van der Waals surface area contributed by atoms with Crippen LogP contribution in [0.2, 0.25) is 0 Å². The van der Waals surface area contributed by atoms with Crippen molar-refractivity contribution in [3.05, 3.63) is 35.9 Å². The zero-order valence-electron chi connectivity index (χ0n) is 8.51. The van der Waals surface area contributed by atoms with Gasteiger partial charge in [-0.25, -0.2) is 8.42 Å². The Hall–Kier alpha value is -0.580. The van der Waals surface area contributed by atoms with Crippen molar-refractivity contribution in [2.45, 2.75) is 17.2 Å². The van der Waals surface area contributed by atoms with E-state index in [0.29, 0.717) is 5.56 Å². The van der Waals surface area contributed by atoms with Gasteiger partial charge in [-0.3, -0.25) is 0 Å². The van der Waals surface area contributed by atoms with E-state index >= 15 is 0 Å². The van der Waals surface area contributed by atoms with Gasteiger partial charge >= 0.3 is 0 Å². The molecule has 0 heterocycles. The van der Waals surface area contributed by atoms with E-state index in [0.717, 1.165) is 6.26 Å². The molecule has 0 radical (unpaired) electrons. The number of hydrogen-bond acceptors (Lipinski definition) is 3. The molecule has 0 spiro atoms. The summed E-state index contributed by atoms with van der Waals surface area (Å²) in [5.74, 6) is 0. The first-order valence-electron chi connectivity index (χ1n) is 4.38. The van der Waals surface area contributed by atoms with Gasteiger partial charge in [0, 0.05) is 6.26 Å². The first-order valence-corrected chi connectivity index (χ1v) is 6.65. The van der Waals surface area contributed by atoms with Crippen LogP contribution in [-0.4, -0.2) is 24.0 Å². The average Bonchev–Trinajstić information content (AvgIpc) is 2.16. The smallest absolute Gasteiger partial charge is 0.172 e. The summed E-state index contributed by atoms with van der Waals surface area (Å²) in [6.07, 6.45) is -0.234. The number of rotatable bonds is 3. The van der Waals surface area contributed by atoms with Crippen LogP contribution in [-0.2, 0) is 9.84 Å². The second-order valence-electron chi connectivity index (χ2n) is 3.57. The van der Waals surface area contributed by atoms with Crippen molar-refractivity contribution in [3.8, 4) is 0 Å². The molecule has 1 rings (SSSR count). The Kier molecular flexibility index (Phi) is 3.43. The van der Waals surface area contributed by atoms with Crippen LogP contribution in [0.1, 0.15) is 18.6 Å². The summed E-state index contributed by atoms with van der Waals surface area (Å²) in [6, 6.07) is 8.48. The lowest BCUT2D eigenvalue weighted by Crippen LogP contribution is -2.35. The van der Waals surface area contributed by atoms with Crippen molar-refractivity contribution >= 4 is 21.4 Å². The maximum Gasteiger partial charge on any atom is 0.172 e. The Morgan fingerprint density at radius 2 is 1.80 bits per heavy atom. The molecule has 15 heavy (non-hydrogen) atoms. The van der Waals surface area contributed by atoms with Crippen molar-refractivity contribution in [1.82, 2.24) is 0 Å². The molecule has 0 aliphatic heterocycles. The van der Waals surface area contributed by atoms with Gasteiger partial charge in [-0.2, -0.15) is 0 Å². The van der Waals surface area contributed by atoms with Gasteiger partial charge in [0.2, 0.25) is 0 Å². The van der Waals surface area contributed by atoms with Crippen molar-refractivity contribution in [2.75, 3.05) is 6.26 Å². The molecular weight excluding hydrogens is 236 g/mol. The summed E-state index contributed by atoms with van der Waals surface area (Å²) >= 11 is 5.86. The fraction of sp³-hybridized carbons (Fsp3) is 0.400. The van der Waals surface area contributed by atoms with Crippen molar-refractivity contribution in [3.63, 3.8) is 0 Å². The zero-order valence-corrected chi connectivity index (χ0v) is 10.1. The van der Waals surface area contributed by atoms with Gasteiger partial charge in [-0.15, -0.1) is 0 Å². The van der Waals surface area contributed by atoms with Gasteiger partial charge in [0.25, 0.3) is 0 Å². The molecule has 0 aliphatic rings. The quantitative estimate of drug-likeness (QED) is 0.829. The largest absolute Gasteiger partial charge is 0.385 e. The number of alkyl halides is 1. The molecule has 1 aromatic carbocycles. The third-order valence-corrected chi connectivity index (χ3v) is 5.05. The third kappa shape index (κ3) is 2.51. The molecule has 84 valence electrons. The van der Waals surface area contributed by atoms with E-state index in [9.17, 15) is 13.5 Å². The molecule has 1 N–H and O–H groups in total. The van der Waals surface area contributed by atoms with Crippen LogP contribution in [0.5, 0.6) is 0 Å². The highest BCUT2D eigenvalue weighted by Gasteiger charge is 2.41. The number of sulfone groups is 1. The molecule has 1 aromatic rings. The maximum atomic E-state index is 11.4. The van der Waals surface area contributed by atoms with Crippen LogP contribution in [0.25, 0.3) is 0 Å². The highest BCUT2D eigenvalue weighted by Crippen LogP contribution is 2.35. The van der Waals surface area contributed by atoms with Gasteiger partial charge < -0.3 is 5.11 Å². The molecule has 0 aromatic heterocycles. The normalized spacial score (nSPS) is 18.1. The van der Waals surface area contributed by atoms with Crippen LogP contribution in [0.4, 0.5) is 0 Å². The highest BCUT2D eigenvalue weighted by atomic mass is 35.5. The van der Waals surface area contributed by atoms with E-state index in [1.54, 1.807) is 30.3 Å². The number of halogens is 1. The van der Waals surface area contributed by atoms with E-state index < -0.39 is 20.1 Å². The first kappa shape index (κ1) is 12.5. The molecule has 0 aliphatic carbocycles. The molecule has 3 nitrogen and oxygen atoms in total. The van der Waals surface area contributed by atoms with Crippen molar-refractivity contribution in [1.29, 1.82) is 0 Å². The average molecular weight is 249 g/mol. The first-order chi connectivity index (χ1) is 6.77. The minimum atomic E-state index is -3.53. The van der Waals surface area contributed by atoms with E-state index in [2.05, 4.69) is 0 Å². The van der Waals surface area contributed by atoms with Crippen molar-refractivity contribution < 1.29 is 13.5 Å². The molecule has 0 bridgehead atoms. The summed E-state index contributed by atoms with van der Waals surface area (Å²) in [6.45, 7) is 1.29. The number of hydrogen-bond donors (Lipinski definition) is 1. The molecule has 0 unspecified atom stereocenters. The molecule has 2 atom stereocenters. The Labute approximate surface area is 94.6 Å². The van der Waals surface area contributed by atoms with Gasteiger partial charge in [0.15, 0.2) is 14.0 Å². The fourth-order valence-electron chi connectivity index (χ4n) is 1.14. The summed E-state index contributed by atoms with van der Waals surface area (Å²) in [5.41, 5.74) is 0.487. The lowest BCUT2D eigenvalue weighted by atomic mass is 10.1. The molecule has 0 fully saturated rings. The SMILES string of the molecule is C[C@@](Cl)([C@H](O)c1ccccc1)S(C)(=O)=O. The second kappa shape index (κ2) is 4.12. The van der Waals surface area contributed by atoms with E-state index in [1.165, 1.54) is 6.92 Å². The molecule has 0 saturated heterocycles. The Balaban J connectivity index is 3.11. The zero-order chi connectivity index (χ0) is 11.7. The molecular formula is C10H13ClO3S. The molecule has 0 amide bonds. The number of aliphatic hydroxyl groups is 1. The fourth-order valence-corrected chi connectivity index (χ4v) is 1.80. The molecule has 5 heteroatoms. The van der Waals surface area contributed by atoms with Crippen LogP contribution in [0, 0.1) is 0 Å². The van der Waals surface area contributed by atoms with Crippen LogP contribution in [0.15, 0.2) is 30.3 Å². The van der Waals surface area contributed by atoms with Crippen LogP contribution in [0.3, 0.4) is 0 Å². The van der Waals surface area contributed by atoms with E-state index in [4.69, 9.17) is 11.6 Å². The predicted octanol–water partition coefficient (Wildman–Crippen LogP) is 1.72.